The van der Waals surface area contributed by atoms with E-state index in [9.17, 15) is 19.2 Å². The summed E-state index contributed by atoms with van der Waals surface area (Å²) in [5.41, 5.74) is 0.712. The van der Waals surface area contributed by atoms with Crippen LogP contribution in [-0.2, 0) is 14.4 Å². The summed E-state index contributed by atoms with van der Waals surface area (Å²) in [7, 11) is 0. The number of ether oxygens (including phenoxy) is 1. The van der Waals surface area contributed by atoms with Gasteiger partial charge in [-0.1, -0.05) is 53.4 Å². The van der Waals surface area contributed by atoms with E-state index in [2.05, 4.69) is 4.98 Å². The minimum absolute atomic E-state index is 0.272. The molecule has 1 fully saturated rings. The number of thioether (sulfide) groups is 1. The highest BCUT2D eigenvalue weighted by molar-refractivity contribution is 8.00. The summed E-state index contributed by atoms with van der Waals surface area (Å²) in [6, 6.07) is 16.4. The van der Waals surface area contributed by atoms with E-state index in [4.69, 9.17) is 9.84 Å². The minimum atomic E-state index is -1.26. The summed E-state index contributed by atoms with van der Waals surface area (Å²) in [6.07, 6.45) is 0. The lowest BCUT2D eigenvalue weighted by Crippen LogP contribution is -2.36. The highest BCUT2D eigenvalue weighted by Crippen LogP contribution is 2.52. The summed E-state index contributed by atoms with van der Waals surface area (Å²) in [4.78, 5) is 53.3. The molecule has 2 amide bonds. The van der Waals surface area contributed by atoms with Crippen molar-refractivity contribution in [3.05, 3.63) is 74.7 Å². The second-order valence-electron chi connectivity index (χ2n) is 7.39. The number of benzene rings is 2. The van der Waals surface area contributed by atoms with Crippen LogP contribution in [-0.4, -0.2) is 44.6 Å². The van der Waals surface area contributed by atoms with Gasteiger partial charge in [0, 0.05) is 10.8 Å². The van der Waals surface area contributed by atoms with Gasteiger partial charge in [-0.05, 0) is 29.8 Å². The number of amides is 2. The number of nitrogens with one attached hydrogen (secondary N) is 1. The smallest absolute Gasteiger partial charge is 0.323 e. The van der Waals surface area contributed by atoms with Crippen molar-refractivity contribution >= 4 is 40.9 Å². The van der Waals surface area contributed by atoms with Gasteiger partial charge < -0.3 is 14.8 Å². The van der Waals surface area contributed by atoms with Gasteiger partial charge in [-0.3, -0.25) is 24.1 Å². The maximum absolute atomic E-state index is 13.2. The van der Waals surface area contributed by atoms with Gasteiger partial charge in [-0.2, -0.15) is 0 Å². The van der Waals surface area contributed by atoms with E-state index in [0.717, 1.165) is 28.0 Å². The lowest BCUT2D eigenvalue weighted by atomic mass is 9.83. The average molecular weight is 469 g/mol. The van der Waals surface area contributed by atoms with Crippen molar-refractivity contribution in [2.45, 2.75) is 16.2 Å². The van der Waals surface area contributed by atoms with Crippen LogP contribution in [0.15, 0.2) is 64.4 Å². The number of carbonyl (C=O) groups excluding carboxylic acids is 2. The van der Waals surface area contributed by atoms with E-state index >= 15 is 0 Å². The van der Waals surface area contributed by atoms with Crippen molar-refractivity contribution in [1.82, 2.24) is 9.88 Å². The van der Waals surface area contributed by atoms with E-state index in [1.54, 1.807) is 18.2 Å². The quantitative estimate of drug-likeness (QED) is 0.553. The molecule has 3 atom stereocenters. The zero-order valence-corrected chi connectivity index (χ0v) is 18.0. The predicted octanol–water partition coefficient (Wildman–Crippen LogP) is 2.90. The van der Waals surface area contributed by atoms with Gasteiger partial charge in [0.2, 0.25) is 11.8 Å². The Labute approximate surface area is 189 Å². The molecular formula is C22H16N2O6S2. The number of aliphatic carboxylic acids is 1. The molecule has 2 unspecified atom stereocenters. The van der Waals surface area contributed by atoms with Gasteiger partial charge in [-0.25, -0.2) is 0 Å². The molecule has 3 heterocycles. The molecule has 2 aromatic carbocycles. The summed E-state index contributed by atoms with van der Waals surface area (Å²) < 4.78 is 5.92. The fraction of sp³-hybridized carbons (Fsp3) is 0.182. The Morgan fingerprint density at radius 1 is 1.03 bits per heavy atom. The largest absolute Gasteiger partial charge is 0.480 e. The maximum Gasteiger partial charge on any atom is 0.323 e. The number of fused-ring (bicyclic) bond motifs is 2. The molecule has 1 saturated heterocycles. The van der Waals surface area contributed by atoms with Crippen LogP contribution >= 0.6 is 23.1 Å². The van der Waals surface area contributed by atoms with Gasteiger partial charge in [0.15, 0.2) is 0 Å². The number of likely N-dealkylation sites (tertiary alicyclic amines) is 1. The van der Waals surface area contributed by atoms with Crippen molar-refractivity contribution in [2.75, 3.05) is 6.54 Å². The average Bonchev–Trinajstić information content (AvgIpc) is 3.25. The van der Waals surface area contributed by atoms with Crippen LogP contribution in [0.2, 0.25) is 0 Å². The molecule has 0 bridgehead atoms. The van der Waals surface area contributed by atoms with Gasteiger partial charge in [-0.15, -0.1) is 0 Å². The van der Waals surface area contributed by atoms with Gasteiger partial charge in [0.05, 0.1) is 10.9 Å². The van der Waals surface area contributed by atoms with Crippen LogP contribution in [0.25, 0.3) is 0 Å². The number of H-pyrrole nitrogens is 1. The van der Waals surface area contributed by atoms with E-state index in [1.165, 1.54) is 0 Å². The SMILES string of the molecule is O=C(O)CN1C(=O)C2Sc3[nH]c(=O)sc3[C@@H](c3cccc(Oc4ccccc4)c3)C2C1=O. The van der Waals surface area contributed by atoms with Crippen molar-refractivity contribution < 1.29 is 24.2 Å². The first-order valence-corrected chi connectivity index (χ1v) is 11.4. The Morgan fingerprint density at radius 2 is 1.78 bits per heavy atom. The molecule has 162 valence electrons. The zero-order chi connectivity index (χ0) is 22.4. The molecule has 3 aromatic rings. The standard InChI is InChI=1S/C22H16N2O6S2/c25-14(26)10-24-20(27)16-15(17-19(23-22(29)32-17)31-18(16)21(24)28)11-5-4-8-13(9-11)30-12-6-2-1-3-7-12/h1-9,15-16,18H,10H2,(H,23,29)(H,25,26)/t15-,16?,18?/m0/s1. The highest BCUT2D eigenvalue weighted by Gasteiger charge is 2.56. The van der Waals surface area contributed by atoms with E-state index < -0.39 is 41.4 Å². The van der Waals surface area contributed by atoms with Crippen molar-refractivity contribution in [2.24, 2.45) is 5.92 Å². The van der Waals surface area contributed by atoms with Gasteiger partial charge in [0.1, 0.15) is 23.3 Å². The Morgan fingerprint density at radius 3 is 2.53 bits per heavy atom. The second-order valence-corrected chi connectivity index (χ2v) is 9.56. The molecule has 0 saturated carbocycles. The molecule has 0 aliphatic carbocycles. The number of thiazole rings is 1. The number of hydrogen-bond acceptors (Lipinski definition) is 7. The number of aromatic nitrogens is 1. The van der Waals surface area contributed by atoms with Gasteiger partial charge >= 0.3 is 10.8 Å². The number of carboxylic acids is 1. The second kappa shape index (κ2) is 7.95. The Kier molecular flexibility index (Phi) is 5.10. The first-order valence-electron chi connectivity index (χ1n) is 9.72. The molecular weight excluding hydrogens is 452 g/mol. The molecule has 8 nitrogen and oxygen atoms in total. The van der Waals surface area contributed by atoms with E-state index in [-0.39, 0.29) is 4.87 Å². The van der Waals surface area contributed by atoms with Crippen LogP contribution in [0, 0.1) is 5.92 Å². The molecule has 0 spiro atoms. The monoisotopic (exact) mass is 468 g/mol. The third-order valence-electron chi connectivity index (χ3n) is 5.40. The lowest BCUT2D eigenvalue weighted by molar-refractivity contribution is -0.149. The Balaban J connectivity index is 1.57. The number of carboxylic acid groups (broad SMARTS) is 1. The molecule has 2 aliphatic heterocycles. The fourth-order valence-corrected chi connectivity index (χ4v) is 6.66. The number of imide groups is 1. The van der Waals surface area contributed by atoms with Crippen molar-refractivity contribution in [3.63, 3.8) is 0 Å². The number of para-hydroxylation sites is 1. The minimum Gasteiger partial charge on any atom is -0.480 e. The van der Waals surface area contributed by atoms with E-state index in [1.807, 2.05) is 36.4 Å². The summed E-state index contributed by atoms with van der Waals surface area (Å²) in [5.74, 6) is -2.53. The summed E-state index contributed by atoms with van der Waals surface area (Å²) in [5, 5.41) is 8.90. The normalized spacial score (nSPS) is 21.9. The molecule has 1 aromatic heterocycles. The number of aromatic amines is 1. The third kappa shape index (κ3) is 3.51. The number of nitrogens with zero attached hydrogens (tertiary/aromatic N) is 1. The van der Waals surface area contributed by atoms with Crippen LogP contribution in [0.1, 0.15) is 16.4 Å². The molecule has 32 heavy (non-hydrogen) atoms. The number of hydrogen-bond donors (Lipinski definition) is 2. The van der Waals surface area contributed by atoms with Gasteiger partial charge in [0.25, 0.3) is 0 Å². The molecule has 2 N–H and O–H groups in total. The molecule has 2 aliphatic rings. The Hall–Kier alpha value is -3.37. The molecule has 5 rings (SSSR count). The van der Waals surface area contributed by atoms with Crippen LogP contribution in [0.5, 0.6) is 11.5 Å². The van der Waals surface area contributed by atoms with Crippen molar-refractivity contribution in [1.29, 1.82) is 0 Å². The fourth-order valence-electron chi connectivity index (χ4n) is 4.12. The zero-order valence-electron chi connectivity index (χ0n) is 16.4. The first-order chi connectivity index (χ1) is 15.4. The van der Waals surface area contributed by atoms with Crippen molar-refractivity contribution in [3.8, 4) is 11.5 Å². The topological polar surface area (TPSA) is 117 Å². The summed E-state index contributed by atoms with van der Waals surface area (Å²) in [6.45, 7) is -0.681. The maximum atomic E-state index is 13.2. The third-order valence-corrected chi connectivity index (χ3v) is 7.81. The predicted molar refractivity (Wildman–Crippen MR) is 117 cm³/mol. The number of rotatable bonds is 5. The van der Waals surface area contributed by atoms with Crippen LogP contribution in [0.3, 0.4) is 0 Å². The lowest BCUT2D eigenvalue weighted by Gasteiger charge is -2.30. The van der Waals surface area contributed by atoms with Crippen LogP contribution in [0.4, 0.5) is 0 Å². The Bertz CT molecular complexity index is 1280. The molecule has 10 heteroatoms. The number of carbonyl (C=O) groups is 3. The van der Waals surface area contributed by atoms with E-state index in [0.29, 0.717) is 27.0 Å². The summed E-state index contributed by atoms with van der Waals surface area (Å²) >= 11 is 2.11. The first kappa shape index (κ1) is 20.5. The van der Waals surface area contributed by atoms with Crippen LogP contribution < -0.4 is 9.61 Å². The molecule has 0 radical (unpaired) electrons. The highest BCUT2D eigenvalue weighted by atomic mass is 32.2.